The first kappa shape index (κ1) is 11.4. The van der Waals surface area contributed by atoms with E-state index in [0.717, 1.165) is 5.56 Å². The van der Waals surface area contributed by atoms with Crippen LogP contribution in [-0.4, -0.2) is 0 Å². The molecule has 0 aliphatic carbocycles. The molecule has 0 unspecified atom stereocenters. The lowest BCUT2D eigenvalue weighted by molar-refractivity contribution is 1.46. The molecule has 0 heterocycles. The highest BCUT2D eigenvalue weighted by atomic mass is 14.0. The van der Waals surface area contributed by atoms with E-state index in [9.17, 15) is 0 Å². The van der Waals surface area contributed by atoms with Gasteiger partial charge in [0.25, 0.3) is 0 Å². The van der Waals surface area contributed by atoms with Crippen molar-refractivity contribution in [1.29, 1.82) is 0 Å². The van der Waals surface area contributed by atoms with Crippen molar-refractivity contribution in [2.75, 3.05) is 0 Å². The van der Waals surface area contributed by atoms with Crippen molar-refractivity contribution < 1.29 is 0 Å². The van der Waals surface area contributed by atoms with Crippen molar-refractivity contribution in [3.05, 3.63) is 77.4 Å². The molecule has 0 radical (unpaired) electrons. The maximum atomic E-state index is 3.78. The Morgan fingerprint density at radius 1 is 0.824 bits per heavy atom. The highest BCUT2D eigenvalue weighted by Crippen LogP contribution is 2.11. The Morgan fingerprint density at radius 3 is 2.18 bits per heavy atom. The summed E-state index contributed by atoms with van der Waals surface area (Å²) in [7, 11) is 0. The van der Waals surface area contributed by atoms with E-state index in [1.807, 2.05) is 12.1 Å². The summed E-state index contributed by atoms with van der Waals surface area (Å²) in [6, 6.07) is 16.8. The topological polar surface area (TPSA) is 0 Å². The minimum atomic E-state index is 1.15. The van der Waals surface area contributed by atoms with E-state index >= 15 is 0 Å². The summed E-state index contributed by atoms with van der Waals surface area (Å²) in [4.78, 5) is 0. The van der Waals surface area contributed by atoms with Gasteiger partial charge in [-0.1, -0.05) is 72.8 Å². The normalized spacial score (nSPS) is 10.6. The Labute approximate surface area is 103 Å². The Hall–Kier alpha value is -2.08. The van der Waals surface area contributed by atoms with E-state index in [1.54, 1.807) is 0 Å². The first-order valence-electron chi connectivity index (χ1n) is 5.75. The lowest BCUT2D eigenvalue weighted by Gasteiger charge is -1.97. The molecule has 17 heavy (non-hydrogen) atoms. The lowest BCUT2D eigenvalue weighted by atomic mass is 10.1. The van der Waals surface area contributed by atoms with Crippen molar-refractivity contribution >= 4 is 18.2 Å². The Bertz CT molecular complexity index is 530. The van der Waals surface area contributed by atoms with Crippen LogP contribution in [0.4, 0.5) is 0 Å². The standard InChI is InChI=1S/C17H16/c1-3-15-5-4-6-17(13-15)12-11-16-9-7-14(2)8-10-16/h3-13H,1H2,2H3. The van der Waals surface area contributed by atoms with E-state index in [1.165, 1.54) is 16.7 Å². The average molecular weight is 220 g/mol. The molecule has 0 saturated heterocycles. The van der Waals surface area contributed by atoms with Crippen LogP contribution in [0.15, 0.2) is 55.1 Å². The molecule has 0 aromatic heterocycles. The van der Waals surface area contributed by atoms with Crippen LogP contribution >= 0.6 is 0 Å². The van der Waals surface area contributed by atoms with Crippen LogP contribution in [-0.2, 0) is 0 Å². The first-order chi connectivity index (χ1) is 8.28. The van der Waals surface area contributed by atoms with E-state index in [2.05, 4.69) is 68.1 Å². The molecular weight excluding hydrogens is 204 g/mol. The fraction of sp³-hybridized carbons (Fsp3) is 0.0588. The molecule has 84 valence electrons. The van der Waals surface area contributed by atoms with Gasteiger partial charge in [-0.3, -0.25) is 0 Å². The zero-order valence-corrected chi connectivity index (χ0v) is 10.1. The van der Waals surface area contributed by atoms with E-state index in [0.29, 0.717) is 0 Å². The molecular formula is C17H16. The van der Waals surface area contributed by atoms with Gasteiger partial charge in [0.15, 0.2) is 0 Å². The van der Waals surface area contributed by atoms with Crippen LogP contribution < -0.4 is 0 Å². The third-order valence-corrected chi connectivity index (χ3v) is 2.69. The zero-order valence-electron chi connectivity index (χ0n) is 10.1. The van der Waals surface area contributed by atoms with Gasteiger partial charge in [0.05, 0.1) is 0 Å². The SMILES string of the molecule is C=Cc1cccc(C=Cc2ccc(C)cc2)c1. The van der Waals surface area contributed by atoms with Crippen molar-refractivity contribution in [3.8, 4) is 0 Å². The number of hydrogen-bond donors (Lipinski definition) is 0. The molecule has 0 atom stereocenters. The number of benzene rings is 2. The largest absolute Gasteiger partial charge is 0.0985 e. The van der Waals surface area contributed by atoms with Crippen LogP contribution in [0, 0.1) is 6.92 Å². The summed E-state index contributed by atoms with van der Waals surface area (Å²) in [5, 5.41) is 0. The van der Waals surface area contributed by atoms with Crippen LogP contribution in [0.3, 0.4) is 0 Å². The van der Waals surface area contributed by atoms with Gasteiger partial charge in [-0.05, 0) is 29.7 Å². The molecule has 0 nitrogen and oxygen atoms in total. The van der Waals surface area contributed by atoms with Gasteiger partial charge in [-0.15, -0.1) is 0 Å². The van der Waals surface area contributed by atoms with Crippen molar-refractivity contribution in [2.45, 2.75) is 6.92 Å². The van der Waals surface area contributed by atoms with Gasteiger partial charge < -0.3 is 0 Å². The minimum Gasteiger partial charge on any atom is -0.0985 e. The van der Waals surface area contributed by atoms with Crippen LogP contribution in [0.5, 0.6) is 0 Å². The van der Waals surface area contributed by atoms with Crippen LogP contribution in [0.2, 0.25) is 0 Å². The quantitative estimate of drug-likeness (QED) is 0.651. The highest BCUT2D eigenvalue weighted by molar-refractivity contribution is 5.70. The van der Waals surface area contributed by atoms with Crippen molar-refractivity contribution in [2.24, 2.45) is 0 Å². The van der Waals surface area contributed by atoms with E-state index < -0.39 is 0 Å². The summed E-state index contributed by atoms with van der Waals surface area (Å²) in [6.45, 7) is 5.87. The molecule has 0 aliphatic heterocycles. The summed E-state index contributed by atoms with van der Waals surface area (Å²) in [5.74, 6) is 0. The van der Waals surface area contributed by atoms with E-state index in [-0.39, 0.29) is 0 Å². The number of rotatable bonds is 3. The average Bonchev–Trinajstić information content (AvgIpc) is 2.38. The Kier molecular flexibility index (Phi) is 3.56. The summed E-state index contributed by atoms with van der Waals surface area (Å²) >= 11 is 0. The summed E-state index contributed by atoms with van der Waals surface area (Å²) in [6.07, 6.45) is 6.11. The Balaban J connectivity index is 2.19. The van der Waals surface area contributed by atoms with Crippen molar-refractivity contribution in [1.82, 2.24) is 0 Å². The van der Waals surface area contributed by atoms with Gasteiger partial charge in [0.1, 0.15) is 0 Å². The molecule has 0 heteroatoms. The van der Waals surface area contributed by atoms with E-state index in [4.69, 9.17) is 0 Å². The smallest absolute Gasteiger partial charge is 0.0251 e. The minimum absolute atomic E-state index is 1.15. The van der Waals surface area contributed by atoms with Gasteiger partial charge in [0, 0.05) is 0 Å². The third-order valence-electron chi connectivity index (χ3n) is 2.69. The predicted molar refractivity (Wildman–Crippen MR) is 76.6 cm³/mol. The molecule has 2 rings (SSSR count). The molecule has 0 spiro atoms. The second-order valence-electron chi connectivity index (χ2n) is 4.12. The summed E-state index contributed by atoms with van der Waals surface area (Å²) < 4.78 is 0. The fourth-order valence-corrected chi connectivity index (χ4v) is 1.66. The maximum absolute atomic E-state index is 3.78. The fourth-order valence-electron chi connectivity index (χ4n) is 1.66. The second kappa shape index (κ2) is 5.31. The van der Waals surface area contributed by atoms with Gasteiger partial charge in [0.2, 0.25) is 0 Å². The van der Waals surface area contributed by atoms with Gasteiger partial charge in [-0.2, -0.15) is 0 Å². The number of hydrogen-bond acceptors (Lipinski definition) is 0. The predicted octanol–water partition coefficient (Wildman–Crippen LogP) is 4.81. The molecule has 0 saturated carbocycles. The Morgan fingerprint density at radius 2 is 1.47 bits per heavy atom. The maximum Gasteiger partial charge on any atom is -0.0251 e. The molecule has 0 N–H and O–H groups in total. The van der Waals surface area contributed by atoms with Gasteiger partial charge in [-0.25, -0.2) is 0 Å². The molecule has 0 bridgehead atoms. The first-order valence-corrected chi connectivity index (χ1v) is 5.75. The number of aryl methyl sites for hydroxylation is 1. The van der Waals surface area contributed by atoms with Crippen molar-refractivity contribution in [3.63, 3.8) is 0 Å². The molecule has 0 aliphatic rings. The zero-order chi connectivity index (χ0) is 12.1. The third kappa shape index (κ3) is 3.18. The lowest BCUT2D eigenvalue weighted by Crippen LogP contribution is -1.76. The highest BCUT2D eigenvalue weighted by Gasteiger charge is 1.90. The van der Waals surface area contributed by atoms with Gasteiger partial charge >= 0.3 is 0 Å². The van der Waals surface area contributed by atoms with Crippen LogP contribution in [0.1, 0.15) is 22.3 Å². The summed E-state index contributed by atoms with van der Waals surface area (Å²) in [5.41, 5.74) is 4.86. The molecule has 2 aromatic carbocycles. The molecule has 2 aromatic rings. The molecule has 0 amide bonds. The second-order valence-corrected chi connectivity index (χ2v) is 4.12. The van der Waals surface area contributed by atoms with Crippen LogP contribution in [0.25, 0.3) is 18.2 Å². The monoisotopic (exact) mass is 220 g/mol. The molecule has 0 fully saturated rings.